The number of aryl methyl sites for hydroxylation is 1. The minimum Gasteiger partial charge on any atom is -0.478 e. The first-order valence-electron chi connectivity index (χ1n) is 4.99. The molecule has 7 nitrogen and oxygen atoms in total. The third-order valence-electron chi connectivity index (χ3n) is 2.31. The highest BCUT2D eigenvalue weighted by molar-refractivity contribution is 7.89. The lowest BCUT2D eigenvalue weighted by molar-refractivity contribution is -0.117. The van der Waals surface area contributed by atoms with Crippen LogP contribution in [0.2, 0.25) is 5.02 Å². The van der Waals surface area contributed by atoms with Crippen molar-refractivity contribution in [3.8, 4) is 0 Å². The molecule has 0 aliphatic heterocycles. The molecule has 0 aliphatic carbocycles. The fraction of sp³-hybridized carbons (Fsp3) is 0.200. The van der Waals surface area contributed by atoms with Gasteiger partial charge in [-0.2, -0.15) is 0 Å². The van der Waals surface area contributed by atoms with Gasteiger partial charge in [-0.25, -0.2) is 18.4 Å². The van der Waals surface area contributed by atoms with Crippen molar-refractivity contribution in [2.75, 3.05) is 0 Å². The summed E-state index contributed by atoms with van der Waals surface area (Å²) < 4.78 is 22.7. The molecule has 0 spiro atoms. The number of benzene rings is 1. The molecular weight excluding hydrogens is 296 g/mol. The number of hydrogen-bond donors (Lipinski definition) is 3. The molecule has 0 saturated heterocycles. The quantitative estimate of drug-likeness (QED) is 0.707. The Morgan fingerprint density at radius 1 is 1.32 bits per heavy atom. The third-order valence-corrected chi connectivity index (χ3v) is 3.80. The van der Waals surface area contributed by atoms with E-state index in [-0.39, 0.29) is 29.0 Å². The van der Waals surface area contributed by atoms with Crippen LogP contribution < -0.4 is 10.9 Å². The van der Waals surface area contributed by atoms with Gasteiger partial charge in [0, 0.05) is 6.42 Å². The summed E-state index contributed by atoms with van der Waals surface area (Å²) in [4.78, 5) is 21.1. The van der Waals surface area contributed by atoms with E-state index in [4.69, 9.17) is 27.6 Å². The van der Waals surface area contributed by atoms with Gasteiger partial charge in [-0.15, -0.1) is 0 Å². The van der Waals surface area contributed by atoms with Crippen LogP contribution in [0.25, 0.3) is 0 Å². The van der Waals surface area contributed by atoms with Crippen LogP contribution >= 0.6 is 11.6 Å². The van der Waals surface area contributed by atoms with Gasteiger partial charge >= 0.3 is 5.97 Å². The average molecular weight is 307 g/mol. The van der Waals surface area contributed by atoms with Crippen molar-refractivity contribution in [3.05, 3.63) is 28.3 Å². The summed E-state index contributed by atoms with van der Waals surface area (Å²) in [5.74, 6) is -1.95. The summed E-state index contributed by atoms with van der Waals surface area (Å²) in [7, 11) is -4.16. The lowest BCUT2D eigenvalue weighted by Crippen LogP contribution is -2.16. The monoisotopic (exact) mass is 306 g/mol. The standard InChI is InChI=1S/C10H11ClN2O5S/c11-9-5(1-2-8(12)14)3-6(10(15)16)4-7(9)19(13,17)18/h3-4H,1-2H2,(H2,12,14)(H,15,16)(H2,13,17,18). The molecular formula is C10H11ClN2O5S. The first-order chi connectivity index (χ1) is 8.62. The molecule has 0 heterocycles. The van der Waals surface area contributed by atoms with E-state index in [1.165, 1.54) is 6.07 Å². The minimum atomic E-state index is -4.16. The maximum absolute atomic E-state index is 11.3. The summed E-state index contributed by atoms with van der Waals surface area (Å²) in [6.07, 6.45) is -0.0648. The molecule has 0 bridgehead atoms. The molecule has 1 aromatic carbocycles. The van der Waals surface area contributed by atoms with Gasteiger partial charge < -0.3 is 10.8 Å². The SMILES string of the molecule is NC(=O)CCc1cc(C(=O)O)cc(S(N)(=O)=O)c1Cl. The minimum absolute atomic E-state index is 0.0256. The normalized spacial score (nSPS) is 11.3. The lowest BCUT2D eigenvalue weighted by Gasteiger charge is -2.09. The van der Waals surface area contributed by atoms with Crippen LogP contribution in [-0.4, -0.2) is 25.4 Å². The summed E-state index contributed by atoms with van der Waals surface area (Å²) in [5.41, 5.74) is 4.87. The van der Waals surface area contributed by atoms with E-state index in [9.17, 15) is 18.0 Å². The second-order valence-corrected chi connectivity index (χ2v) is 5.67. The smallest absolute Gasteiger partial charge is 0.335 e. The molecule has 1 rings (SSSR count). The zero-order valence-electron chi connectivity index (χ0n) is 9.59. The Hall–Kier alpha value is -1.64. The van der Waals surface area contributed by atoms with E-state index in [0.717, 1.165) is 6.07 Å². The van der Waals surface area contributed by atoms with E-state index in [1.807, 2.05) is 0 Å². The Labute approximate surface area is 114 Å². The van der Waals surface area contributed by atoms with Gasteiger partial charge in [0.15, 0.2) is 0 Å². The van der Waals surface area contributed by atoms with Gasteiger partial charge in [-0.05, 0) is 24.1 Å². The number of primary sulfonamides is 1. The van der Waals surface area contributed by atoms with Crippen molar-refractivity contribution >= 4 is 33.5 Å². The zero-order chi connectivity index (χ0) is 14.8. The molecule has 0 unspecified atom stereocenters. The van der Waals surface area contributed by atoms with Crippen LogP contribution in [0, 0.1) is 0 Å². The Balaban J connectivity index is 3.41. The number of aromatic carboxylic acids is 1. The van der Waals surface area contributed by atoms with Gasteiger partial charge in [0.05, 0.1) is 10.6 Å². The molecule has 9 heteroatoms. The van der Waals surface area contributed by atoms with E-state index < -0.39 is 26.8 Å². The number of carboxylic acids is 1. The Morgan fingerprint density at radius 2 is 1.89 bits per heavy atom. The summed E-state index contributed by atoms with van der Waals surface area (Å²) >= 11 is 5.85. The summed E-state index contributed by atoms with van der Waals surface area (Å²) in [5, 5.41) is 13.7. The topological polar surface area (TPSA) is 141 Å². The van der Waals surface area contributed by atoms with Crippen LogP contribution in [-0.2, 0) is 21.2 Å². The maximum atomic E-state index is 11.3. The number of halogens is 1. The summed E-state index contributed by atoms with van der Waals surface area (Å²) in [6.45, 7) is 0. The number of sulfonamides is 1. The van der Waals surface area contributed by atoms with Gasteiger partial charge in [0.2, 0.25) is 15.9 Å². The van der Waals surface area contributed by atoms with Crippen molar-refractivity contribution in [1.29, 1.82) is 0 Å². The molecule has 0 aliphatic rings. The van der Waals surface area contributed by atoms with E-state index >= 15 is 0 Å². The fourth-order valence-electron chi connectivity index (χ4n) is 1.43. The fourth-order valence-corrected chi connectivity index (χ4v) is 2.62. The molecule has 0 fully saturated rings. The molecule has 0 radical (unpaired) electrons. The van der Waals surface area contributed by atoms with Gasteiger partial charge in [-0.3, -0.25) is 4.79 Å². The number of carboxylic acid groups (broad SMARTS) is 1. The number of rotatable bonds is 5. The number of carbonyl (C=O) groups is 2. The first kappa shape index (κ1) is 15.4. The molecule has 19 heavy (non-hydrogen) atoms. The van der Waals surface area contributed by atoms with Crippen molar-refractivity contribution in [2.24, 2.45) is 10.9 Å². The molecule has 5 N–H and O–H groups in total. The molecule has 0 atom stereocenters. The van der Waals surface area contributed by atoms with Crippen LogP contribution in [0.15, 0.2) is 17.0 Å². The Morgan fingerprint density at radius 3 is 2.32 bits per heavy atom. The van der Waals surface area contributed by atoms with E-state index in [1.54, 1.807) is 0 Å². The molecule has 1 amide bonds. The number of carbonyl (C=O) groups excluding carboxylic acids is 1. The highest BCUT2D eigenvalue weighted by atomic mass is 35.5. The van der Waals surface area contributed by atoms with Gasteiger partial charge in [0.25, 0.3) is 0 Å². The number of primary amides is 1. The van der Waals surface area contributed by atoms with E-state index in [0.29, 0.717) is 0 Å². The highest BCUT2D eigenvalue weighted by Gasteiger charge is 2.20. The number of nitrogens with two attached hydrogens (primary N) is 2. The Kier molecular flexibility index (Phi) is 4.51. The van der Waals surface area contributed by atoms with E-state index in [2.05, 4.69) is 0 Å². The predicted molar refractivity (Wildman–Crippen MR) is 67.3 cm³/mol. The van der Waals surface area contributed by atoms with Crippen molar-refractivity contribution in [1.82, 2.24) is 0 Å². The highest BCUT2D eigenvalue weighted by Crippen LogP contribution is 2.27. The molecule has 104 valence electrons. The first-order valence-corrected chi connectivity index (χ1v) is 6.92. The van der Waals surface area contributed by atoms with Crippen molar-refractivity contribution < 1.29 is 23.1 Å². The van der Waals surface area contributed by atoms with Crippen LogP contribution in [0.5, 0.6) is 0 Å². The van der Waals surface area contributed by atoms with Crippen LogP contribution in [0.1, 0.15) is 22.3 Å². The summed E-state index contributed by atoms with van der Waals surface area (Å²) in [6, 6.07) is 2.05. The second-order valence-electron chi connectivity index (χ2n) is 3.76. The van der Waals surface area contributed by atoms with Crippen molar-refractivity contribution in [3.63, 3.8) is 0 Å². The lowest BCUT2D eigenvalue weighted by atomic mass is 10.1. The largest absolute Gasteiger partial charge is 0.478 e. The molecule has 0 saturated carbocycles. The Bertz CT molecular complexity index is 642. The van der Waals surface area contributed by atoms with Crippen LogP contribution in [0.4, 0.5) is 0 Å². The van der Waals surface area contributed by atoms with Gasteiger partial charge in [-0.1, -0.05) is 11.6 Å². The third kappa shape index (κ3) is 3.91. The zero-order valence-corrected chi connectivity index (χ0v) is 11.2. The predicted octanol–water partition coefficient (Wildman–Crippen LogP) is 0.104. The molecule has 0 aromatic heterocycles. The number of hydrogen-bond acceptors (Lipinski definition) is 4. The number of amides is 1. The van der Waals surface area contributed by atoms with Crippen molar-refractivity contribution in [2.45, 2.75) is 17.7 Å². The molecule has 1 aromatic rings. The second kappa shape index (κ2) is 5.55. The van der Waals surface area contributed by atoms with Crippen LogP contribution in [0.3, 0.4) is 0 Å². The average Bonchev–Trinajstić information content (AvgIpc) is 2.25. The maximum Gasteiger partial charge on any atom is 0.335 e. The van der Waals surface area contributed by atoms with Gasteiger partial charge in [0.1, 0.15) is 4.90 Å².